The first-order valence-electron chi connectivity index (χ1n) is 7.91. The van der Waals surface area contributed by atoms with Gasteiger partial charge in [0.05, 0.1) is 19.9 Å². The lowest BCUT2D eigenvalue weighted by atomic mass is 10.1. The molecule has 0 aliphatic carbocycles. The van der Waals surface area contributed by atoms with Crippen molar-refractivity contribution in [2.24, 2.45) is 0 Å². The first kappa shape index (κ1) is 17.3. The lowest BCUT2D eigenvalue weighted by Crippen LogP contribution is -1.95. The molecule has 0 unspecified atom stereocenters. The number of ether oxygens (including phenoxy) is 2. The Hall–Kier alpha value is -3.54. The second-order valence-corrected chi connectivity index (χ2v) is 5.45. The quantitative estimate of drug-likeness (QED) is 0.687. The summed E-state index contributed by atoms with van der Waals surface area (Å²) in [5.41, 5.74) is 3.00. The molecule has 26 heavy (non-hydrogen) atoms. The molecule has 0 amide bonds. The standard InChI is InChI=1S/C20H18N2O4/c1-25-17-10-8-14(12-18(17)26-2)20-15(9-11-19(23)24)13-22(21-20)16-6-4-3-5-7-16/h3-13H,1-2H3,(H,23,24)/b11-9+. The summed E-state index contributed by atoms with van der Waals surface area (Å²) >= 11 is 0. The van der Waals surface area contributed by atoms with Gasteiger partial charge in [-0.1, -0.05) is 18.2 Å². The van der Waals surface area contributed by atoms with Crippen LogP contribution in [0.2, 0.25) is 0 Å². The van der Waals surface area contributed by atoms with E-state index in [9.17, 15) is 4.79 Å². The van der Waals surface area contributed by atoms with Gasteiger partial charge in [-0.05, 0) is 36.4 Å². The van der Waals surface area contributed by atoms with E-state index in [1.807, 2.05) is 42.5 Å². The van der Waals surface area contributed by atoms with Gasteiger partial charge in [0.25, 0.3) is 0 Å². The van der Waals surface area contributed by atoms with Crippen LogP contribution >= 0.6 is 0 Å². The smallest absolute Gasteiger partial charge is 0.328 e. The predicted octanol–water partition coefficient (Wildman–Crippen LogP) is 3.65. The van der Waals surface area contributed by atoms with Crippen molar-refractivity contribution in [3.63, 3.8) is 0 Å². The van der Waals surface area contributed by atoms with Crippen molar-refractivity contribution in [3.8, 4) is 28.4 Å². The summed E-state index contributed by atoms with van der Waals surface area (Å²) < 4.78 is 12.3. The molecule has 0 fully saturated rings. The molecule has 0 aliphatic heterocycles. The molecule has 1 heterocycles. The monoisotopic (exact) mass is 350 g/mol. The predicted molar refractivity (Wildman–Crippen MR) is 98.8 cm³/mol. The summed E-state index contributed by atoms with van der Waals surface area (Å²) in [5.74, 6) is 0.171. The summed E-state index contributed by atoms with van der Waals surface area (Å²) in [4.78, 5) is 10.9. The van der Waals surface area contributed by atoms with E-state index in [2.05, 4.69) is 5.10 Å². The van der Waals surface area contributed by atoms with Crippen molar-refractivity contribution in [2.75, 3.05) is 14.2 Å². The maximum Gasteiger partial charge on any atom is 0.328 e. The molecule has 0 atom stereocenters. The molecule has 0 radical (unpaired) electrons. The zero-order chi connectivity index (χ0) is 18.5. The van der Waals surface area contributed by atoms with Crippen LogP contribution in [0.5, 0.6) is 11.5 Å². The normalized spacial score (nSPS) is 10.8. The van der Waals surface area contributed by atoms with Crippen LogP contribution in [0.1, 0.15) is 5.56 Å². The van der Waals surface area contributed by atoms with Crippen molar-refractivity contribution in [2.45, 2.75) is 0 Å². The Bertz CT molecular complexity index is 946. The molecule has 3 aromatic rings. The minimum atomic E-state index is -1.02. The second kappa shape index (κ2) is 7.57. The van der Waals surface area contributed by atoms with Crippen LogP contribution < -0.4 is 9.47 Å². The molecule has 0 spiro atoms. The summed E-state index contributed by atoms with van der Waals surface area (Å²) in [6.07, 6.45) is 4.41. The van der Waals surface area contributed by atoms with Gasteiger partial charge in [0.1, 0.15) is 5.69 Å². The zero-order valence-corrected chi connectivity index (χ0v) is 14.4. The number of methoxy groups -OCH3 is 2. The number of nitrogens with zero attached hydrogens (tertiary/aromatic N) is 2. The average molecular weight is 350 g/mol. The number of benzene rings is 2. The highest BCUT2D eigenvalue weighted by Crippen LogP contribution is 2.33. The summed E-state index contributed by atoms with van der Waals surface area (Å²) in [5, 5.41) is 13.6. The van der Waals surface area contributed by atoms with Crippen LogP contribution in [-0.4, -0.2) is 35.1 Å². The fourth-order valence-corrected chi connectivity index (χ4v) is 2.59. The highest BCUT2D eigenvalue weighted by atomic mass is 16.5. The van der Waals surface area contributed by atoms with E-state index in [1.54, 1.807) is 31.2 Å². The molecule has 0 saturated carbocycles. The van der Waals surface area contributed by atoms with Gasteiger partial charge in [-0.15, -0.1) is 0 Å². The molecule has 1 aromatic heterocycles. The fraction of sp³-hybridized carbons (Fsp3) is 0.100. The molecule has 0 saturated heterocycles. The largest absolute Gasteiger partial charge is 0.493 e. The molecular formula is C20H18N2O4. The molecule has 6 heteroatoms. The van der Waals surface area contributed by atoms with Gasteiger partial charge in [-0.2, -0.15) is 5.10 Å². The van der Waals surface area contributed by atoms with E-state index in [-0.39, 0.29) is 0 Å². The summed E-state index contributed by atoms with van der Waals surface area (Å²) in [6.45, 7) is 0. The first-order chi connectivity index (χ1) is 12.6. The van der Waals surface area contributed by atoms with Gasteiger partial charge >= 0.3 is 5.97 Å². The topological polar surface area (TPSA) is 73.6 Å². The third-order valence-corrected chi connectivity index (χ3v) is 3.83. The summed E-state index contributed by atoms with van der Waals surface area (Å²) in [6, 6.07) is 15.1. The maximum atomic E-state index is 10.9. The van der Waals surface area contributed by atoms with E-state index in [0.717, 1.165) is 17.3 Å². The van der Waals surface area contributed by atoms with Crippen LogP contribution in [0.3, 0.4) is 0 Å². The molecule has 0 bridgehead atoms. The van der Waals surface area contributed by atoms with Crippen LogP contribution in [-0.2, 0) is 4.79 Å². The third-order valence-electron chi connectivity index (χ3n) is 3.83. The Morgan fingerprint density at radius 1 is 1.08 bits per heavy atom. The Kier molecular flexibility index (Phi) is 5.03. The number of rotatable bonds is 6. The van der Waals surface area contributed by atoms with Crippen LogP contribution in [0.4, 0.5) is 0 Å². The maximum absolute atomic E-state index is 10.9. The molecule has 0 aliphatic rings. The zero-order valence-electron chi connectivity index (χ0n) is 14.4. The Morgan fingerprint density at radius 2 is 1.81 bits per heavy atom. The van der Waals surface area contributed by atoms with Crippen molar-refractivity contribution >= 4 is 12.0 Å². The molecule has 2 aromatic carbocycles. The number of para-hydroxylation sites is 1. The number of hydrogen-bond donors (Lipinski definition) is 1. The fourth-order valence-electron chi connectivity index (χ4n) is 2.59. The van der Waals surface area contributed by atoms with Crippen molar-refractivity contribution in [1.29, 1.82) is 0 Å². The SMILES string of the molecule is COc1ccc(-c2nn(-c3ccccc3)cc2/C=C/C(=O)O)cc1OC. The Morgan fingerprint density at radius 3 is 2.46 bits per heavy atom. The number of aromatic nitrogens is 2. The third kappa shape index (κ3) is 3.59. The van der Waals surface area contributed by atoms with Gasteiger partial charge < -0.3 is 14.6 Å². The number of carboxylic acid groups (broad SMARTS) is 1. The molecule has 132 valence electrons. The number of aliphatic carboxylic acids is 1. The van der Waals surface area contributed by atoms with Gasteiger partial charge in [-0.25, -0.2) is 9.48 Å². The Balaban J connectivity index is 2.13. The van der Waals surface area contributed by atoms with Crippen LogP contribution in [0.15, 0.2) is 60.8 Å². The first-order valence-corrected chi connectivity index (χ1v) is 7.91. The summed E-state index contributed by atoms with van der Waals surface area (Å²) in [7, 11) is 3.14. The average Bonchev–Trinajstić information content (AvgIpc) is 3.10. The second-order valence-electron chi connectivity index (χ2n) is 5.45. The van der Waals surface area contributed by atoms with Crippen molar-refractivity contribution in [1.82, 2.24) is 9.78 Å². The van der Waals surface area contributed by atoms with Crippen molar-refractivity contribution in [3.05, 3.63) is 66.4 Å². The lowest BCUT2D eigenvalue weighted by Gasteiger charge is -2.09. The molecular weight excluding hydrogens is 332 g/mol. The highest BCUT2D eigenvalue weighted by Gasteiger charge is 2.13. The van der Waals surface area contributed by atoms with Crippen LogP contribution in [0, 0.1) is 0 Å². The lowest BCUT2D eigenvalue weighted by molar-refractivity contribution is -0.131. The minimum Gasteiger partial charge on any atom is -0.493 e. The molecule has 6 nitrogen and oxygen atoms in total. The van der Waals surface area contributed by atoms with Crippen molar-refractivity contribution < 1.29 is 19.4 Å². The minimum absolute atomic E-state index is 0.576. The number of carbonyl (C=O) groups is 1. The molecule has 1 N–H and O–H groups in total. The number of carboxylic acids is 1. The highest BCUT2D eigenvalue weighted by molar-refractivity contribution is 5.87. The van der Waals surface area contributed by atoms with Gasteiger partial charge in [0.2, 0.25) is 0 Å². The van der Waals surface area contributed by atoms with Gasteiger partial charge in [0.15, 0.2) is 11.5 Å². The number of hydrogen-bond acceptors (Lipinski definition) is 4. The van der Waals surface area contributed by atoms with Gasteiger partial charge in [0, 0.05) is 23.4 Å². The molecule has 3 rings (SSSR count). The van der Waals surface area contributed by atoms with E-state index >= 15 is 0 Å². The van der Waals surface area contributed by atoms with E-state index in [1.165, 1.54) is 6.08 Å². The Labute approximate surface area is 150 Å². The van der Waals surface area contributed by atoms with E-state index < -0.39 is 5.97 Å². The van der Waals surface area contributed by atoms with E-state index in [4.69, 9.17) is 14.6 Å². The van der Waals surface area contributed by atoms with E-state index in [0.29, 0.717) is 22.8 Å². The van der Waals surface area contributed by atoms with Gasteiger partial charge in [-0.3, -0.25) is 0 Å². The van der Waals surface area contributed by atoms with Crippen LogP contribution in [0.25, 0.3) is 23.0 Å².